The van der Waals surface area contributed by atoms with Gasteiger partial charge in [0.05, 0.1) is 36.6 Å². The number of benzene rings is 1. The van der Waals surface area contributed by atoms with E-state index in [1.165, 1.54) is 0 Å². The summed E-state index contributed by atoms with van der Waals surface area (Å²) in [5, 5.41) is 3.05. The Morgan fingerprint density at radius 1 is 1.31 bits per heavy atom. The molecule has 0 saturated carbocycles. The quantitative estimate of drug-likeness (QED) is 0.734. The van der Waals surface area contributed by atoms with Crippen LogP contribution in [0.2, 0.25) is 0 Å². The van der Waals surface area contributed by atoms with Crippen molar-refractivity contribution in [3.63, 3.8) is 0 Å². The summed E-state index contributed by atoms with van der Waals surface area (Å²) < 4.78 is 11.3. The maximum Gasteiger partial charge on any atom is 0.251 e. The van der Waals surface area contributed by atoms with Crippen molar-refractivity contribution >= 4 is 16.9 Å². The van der Waals surface area contributed by atoms with Gasteiger partial charge < -0.3 is 19.5 Å². The average molecular weight is 354 g/mol. The molecule has 7 heteroatoms. The van der Waals surface area contributed by atoms with Crippen LogP contribution in [0.15, 0.2) is 41.1 Å². The summed E-state index contributed by atoms with van der Waals surface area (Å²) in [4.78, 5) is 22.1. The molecule has 1 aliphatic heterocycles. The highest BCUT2D eigenvalue weighted by atomic mass is 16.5. The number of aryl methyl sites for hydroxylation is 1. The van der Waals surface area contributed by atoms with E-state index in [-0.39, 0.29) is 11.9 Å². The zero-order valence-electron chi connectivity index (χ0n) is 14.7. The van der Waals surface area contributed by atoms with Gasteiger partial charge in [0.2, 0.25) is 0 Å². The highest BCUT2D eigenvalue weighted by molar-refractivity contribution is 5.97. The predicted molar refractivity (Wildman–Crippen MR) is 97.0 cm³/mol. The summed E-state index contributed by atoms with van der Waals surface area (Å²) in [6.45, 7) is 5.44. The molecule has 3 heterocycles. The van der Waals surface area contributed by atoms with Gasteiger partial charge in [0.1, 0.15) is 11.5 Å². The van der Waals surface area contributed by atoms with Crippen LogP contribution in [0.3, 0.4) is 0 Å². The summed E-state index contributed by atoms with van der Waals surface area (Å²) in [6, 6.07) is 9.38. The van der Waals surface area contributed by atoms with Crippen LogP contribution in [-0.2, 0) is 4.74 Å². The van der Waals surface area contributed by atoms with Crippen molar-refractivity contribution in [2.24, 2.45) is 0 Å². The second-order valence-corrected chi connectivity index (χ2v) is 6.46. The minimum absolute atomic E-state index is 0.00700. The third-order valence-corrected chi connectivity index (χ3v) is 4.71. The number of hydrogen-bond donors (Lipinski definition) is 2. The van der Waals surface area contributed by atoms with Crippen molar-refractivity contribution in [1.82, 2.24) is 20.2 Å². The number of nitrogens with one attached hydrogen (secondary N) is 2. The Bertz CT molecular complexity index is 895. The van der Waals surface area contributed by atoms with Crippen LogP contribution in [0, 0.1) is 6.92 Å². The summed E-state index contributed by atoms with van der Waals surface area (Å²) >= 11 is 0. The van der Waals surface area contributed by atoms with E-state index in [0.29, 0.717) is 25.3 Å². The number of H-pyrrole nitrogens is 1. The minimum Gasteiger partial charge on any atom is -0.465 e. The van der Waals surface area contributed by atoms with Gasteiger partial charge in [-0.15, -0.1) is 0 Å². The first-order valence-corrected chi connectivity index (χ1v) is 8.80. The molecule has 1 aliphatic rings. The largest absolute Gasteiger partial charge is 0.465 e. The van der Waals surface area contributed by atoms with Crippen molar-refractivity contribution in [2.45, 2.75) is 13.0 Å². The molecule has 0 spiro atoms. The molecule has 0 aliphatic carbocycles. The monoisotopic (exact) mass is 354 g/mol. The maximum absolute atomic E-state index is 12.6. The molecule has 136 valence electrons. The molecule has 3 aromatic rings. The number of furan rings is 1. The van der Waals surface area contributed by atoms with Crippen LogP contribution in [-0.4, -0.2) is 53.6 Å². The number of hydrogen-bond acceptors (Lipinski definition) is 5. The van der Waals surface area contributed by atoms with Crippen molar-refractivity contribution in [1.29, 1.82) is 0 Å². The Morgan fingerprint density at radius 2 is 2.15 bits per heavy atom. The number of rotatable bonds is 5. The number of imidazole rings is 1. The number of morpholine rings is 1. The number of carbonyl (C=O) groups is 1. The van der Waals surface area contributed by atoms with Gasteiger partial charge in [-0.2, -0.15) is 0 Å². The number of amides is 1. The van der Waals surface area contributed by atoms with Crippen molar-refractivity contribution in [3.8, 4) is 0 Å². The van der Waals surface area contributed by atoms with Crippen LogP contribution in [0.5, 0.6) is 0 Å². The second kappa shape index (κ2) is 7.31. The van der Waals surface area contributed by atoms with E-state index in [9.17, 15) is 4.79 Å². The van der Waals surface area contributed by atoms with E-state index in [1.54, 1.807) is 12.4 Å². The molecule has 2 aromatic heterocycles. The lowest BCUT2D eigenvalue weighted by Crippen LogP contribution is -2.43. The van der Waals surface area contributed by atoms with Crippen molar-refractivity contribution in [2.75, 3.05) is 32.8 Å². The van der Waals surface area contributed by atoms with E-state index < -0.39 is 0 Å². The Kier molecular flexibility index (Phi) is 4.73. The predicted octanol–water partition coefficient (Wildman–Crippen LogP) is 2.27. The fourth-order valence-corrected chi connectivity index (χ4v) is 3.30. The third kappa shape index (κ3) is 3.49. The molecule has 1 fully saturated rings. The first-order valence-electron chi connectivity index (χ1n) is 8.80. The molecule has 2 N–H and O–H groups in total. The lowest BCUT2D eigenvalue weighted by molar-refractivity contribution is 0.0117. The van der Waals surface area contributed by atoms with E-state index in [0.717, 1.165) is 35.6 Å². The summed E-state index contributed by atoms with van der Waals surface area (Å²) in [7, 11) is 0. The molecule has 1 saturated heterocycles. The number of carbonyl (C=O) groups excluding carboxylic acids is 1. The van der Waals surface area contributed by atoms with Crippen LogP contribution in [0.1, 0.15) is 27.9 Å². The fraction of sp³-hybridized carbons (Fsp3) is 0.368. The average Bonchev–Trinajstić information content (AvgIpc) is 3.31. The normalized spacial score (nSPS) is 16.7. The van der Waals surface area contributed by atoms with Crippen LogP contribution >= 0.6 is 0 Å². The van der Waals surface area contributed by atoms with Crippen molar-refractivity contribution in [3.05, 3.63) is 53.7 Å². The molecule has 1 unspecified atom stereocenters. The Hall–Kier alpha value is -2.64. The molecule has 0 radical (unpaired) electrons. The van der Waals surface area contributed by atoms with Crippen LogP contribution in [0.4, 0.5) is 0 Å². The molecule has 26 heavy (non-hydrogen) atoms. The van der Waals surface area contributed by atoms with Gasteiger partial charge in [-0.1, -0.05) is 0 Å². The Labute approximate surface area is 151 Å². The Morgan fingerprint density at radius 3 is 2.92 bits per heavy atom. The van der Waals surface area contributed by atoms with Crippen molar-refractivity contribution < 1.29 is 13.9 Å². The highest BCUT2D eigenvalue weighted by Gasteiger charge is 2.25. The smallest absolute Gasteiger partial charge is 0.251 e. The summed E-state index contributed by atoms with van der Waals surface area (Å²) in [5.74, 6) is 1.63. The highest BCUT2D eigenvalue weighted by Crippen LogP contribution is 2.23. The SMILES string of the molecule is Cc1ccc(C(CNC(=O)c2ccc3nc[nH]c3c2)N2CCOCC2)o1. The lowest BCUT2D eigenvalue weighted by atomic mass is 10.1. The van der Waals surface area contributed by atoms with Gasteiger partial charge >= 0.3 is 0 Å². The molecule has 4 rings (SSSR count). The standard InChI is InChI=1S/C19H22N4O3/c1-13-2-5-18(26-13)17(23-6-8-25-9-7-23)11-20-19(24)14-3-4-15-16(10-14)22-12-21-15/h2-5,10,12,17H,6-9,11H2,1H3,(H,20,24)(H,21,22). The zero-order chi connectivity index (χ0) is 17.9. The van der Waals surface area contributed by atoms with E-state index in [2.05, 4.69) is 20.2 Å². The number of nitrogens with zero attached hydrogens (tertiary/aromatic N) is 2. The van der Waals surface area contributed by atoms with E-state index in [4.69, 9.17) is 9.15 Å². The van der Waals surface area contributed by atoms with Gasteiger partial charge in [0.25, 0.3) is 5.91 Å². The lowest BCUT2D eigenvalue weighted by Gasteiger charge is -2.33. The van der Waals surface area contributed by atoms with Gasteiger partial charge in [0, 0.05) is 25.2 Å². The topological polar surface area (TPSA) is 83.4 Å². The molecular weight excluding hydrogens is 332 g/mol. The third-order valence-electron chi connectivity index (χ3n) is 4.71. The maximum atomic E-state index is 12.6. The fourth-order valence-electron chi connectivity index (χ4n) is 3.30. The number of ether oxygens (including phenoxy) is 1. The van der Waals surface area contributed by atoms with E-state index >= 15 is 0 Å². The van der Waals surface area contributed by atoms with Gasteiger partial charge in [-0.05, 0) is 37.3 Å². The summed E-state index contributed by atoms with van der Waals surface area (Å²) in [5.41, 5.74) is 2.31. The molecule has 1 amide bonds. The summed E-state index contributed by atoms with van der Waals surface area (Å²) in [6.07, 6.45) is 1.63. The number of fused-ring (bicyclic) bond motifs is 1. The first kappa shape index (κ1) is 16.8. The van der Waals surface area contributed by atoms with Gasteiger partial charge in [-0.25, -0.2) is 4.98 Å². The van der Waals surface area contributed by atoms with Gasteiger partial charge in [-0.3, -0.25) is 9.69 Å². The van der Waals surface area contributed by atoms with Crippen LogP contribution < -0.4 is 5.32 Å². The van der Waals surface area contributed by atoms with Gasteiger partial charge in [0.15, 0.2) is 0 Å². The first-order chi connectivity index (χ1) is 12.7. The van der Waals surface area contributed by atoms with E-state index in [1.807, 2.05) is 31.2 Å². The molecule has 1 atom stereocenters. The molecule has 1 aromatic carbocycles. The molecule has 0 bridgehead atoms. The number of aromatic nitrogens is 2. The van der Waals surface area contributed by atoms with Crippen LogP contribution in [0.25, 0.3) is 11.0 Å². The minimum atomic E-state index is -0.108. The Balaban J connectivity index is 1.48. The number of aromatic amines is 1. The second-order valence-electron chi connectivity index (χ2n) is 6.46. The molecule has 7 nitrogen and oxygen atoms in total. The molecular formula is C19H22N4O3. The zero-order valence-corrected chi connectivity index (χ0v) is 14.7.